The van der Waals surface area contributed by atoms with E-state index in [1.54, 1.807) is 0 Å². The normalized spacial score (nSPS) is 12.1. The third-order valence-electron chi connectivity index (χ3n) is 4.04. The molecule has 0 heterocycles. The minimum atomic E-state index is -0.667. The number of hydrogen-bond acceptors (Lipinski definition) is 4. The second-order valence-electron chi connectivity index (χ2n) is 7.58. The molecule has 0 spiro atoms. The summed E-state index contributed by atoms with van der Waals surface area (Å²) in [5.41, 5.74) is 0. The van der Waals surface area contributed by atoms with E-state index in [-0.39, 0.29) is 17.8 Å². The summed E-state index contributed by atoms with van der Waals surface area (Å²) in [4.78, 5) is 24.0. The van der Waals surface area contributed by atoms with Crippen molar-refractivity contribution in [2.75, 3.05) is 13.2 Å². The third kappa shape index (κ3) is 13.7. The van der Waals surface area contributed by atoms with Crippen LogP contribution in [0.1, 0.15) is 79.1 Å². The van der Waals surface area contributed by atoms with Gasteiger partial charge in [-0.1, -0.05) is 65.9 Å². The van der Waals surface area contributed by atoms with Gasteiger partial charge in [0, 0.05) is 0 Å². The number of esters is 1. The molecule has 1 N–H and O–H groups in total. The minimum absolute atomic E-state index is 0.0512. The van der Waals surface area contributed by atoms with Gasteiger partial charge in [-0.2, -0.15) is 0 Å². The quantitative estimate of drug-likeness (QED) is 0.243. The van der Waals surface area contributed by atoms with E-state index in [1.807, 2.05) is 33.8 Å². The Morgan fingerprint density at radius 1 is 0.923 bits per heavy atom. The minimum Gasteiger partial charge on any atom is -0.464 e. The zero-order valence-corrected chi connectivity index (χ0v) is 17.2. The monoisotopic (exact) mass is 369 g/mol. The van der Waals surface area contributed by atoms with Gasteiger partial charge in [0.25, 0.3) is 0 Å². The van der Waals surface area contributed by atoms with Gasteiger partial charge < -0.3 is 14.8 Å². The lowest BCUT2D eigenvalue weighted by molar-refractivity contribution is -0.147. The summed E-state index contributed by atoms with van der Waals surface area (Å²) in [5, 5.41) is 2.61. The Kier molecular flexibility index (Phi) is 14.8. The summed E-state index contributed by atoms with van der Waals surface area (Å²) >= 11 is 0. The van der Waals surface area contributed by atoms with E-state index in [0.717, 1.165) is 19.3 Å². The number of alkyl carbamates (subject to hydrolysis) is 1. The summed E-state index contributed by atoms with van der Waals surface area (Å²) in [7, 11) is 0. The van der Waals surface area contributed by atoms with Crippen LogP contribution in [0.25, 0.3) is 0 Å². The zero-order chi connectivity index (χ0) is 19.8. The van der Waals surface area contributed by atoms with Crippen LogP contribution in [0.2, 0.25) is 0 Å². The number of rotatable bonds is 15. The molecule has 0 unspecified atom stereocenters. The fourth-order valence-corrected chi connectivity index (χ4v) is 2.45. The first-order valence-corrected chi connectivity index (χ1v) is 10.1. The van der Waals surface area contributed by atoms with Gasteiger partial charge in [-0.25, -0.2) is 9.59 Å². The highest BCUT2D eigenvalue weighted by Gasteiger charge is 2.26. The molecule has 0 rings (SSSR count). The molecule has 0 saturated carbocycles. The van der Waals surface area contributed by atoms with Crippen molar-refractivity contribution < 1.29 is 19.1 Å². The molecule has 0 bridgehead atoms. The van der Waals surface area contributed by atoms with Crippen molar-refractivity contribution in [3.63, 3.8) is 0 Å². The second kappa shape index (κ2) is 15.7. The molecule has 5 heteroatoms. The van der Waals surface area contributed by atoms with Crippen LogP contribution >= 0.6 is 0 Å². The predicted molar refractivity (Wildman–Crippen MR) is 106 cm³/mol. The van der Waals surface area contributed by atoms with Gasteiger partial charge in [-0.15, -0.1) is 6.58 Å². The van der Waals surface area contributed by atoms with Crippen LogP contribution in [-0.2, 0) is 14.3 Å². The molecule has 0 fully saturated rings. The number of nitrogens with one attached hydrogen (secondary N) is 1. The zero-order valence-electron chi connectivity index (χ0n) is 17.2. The Morgan fingerprint density at radius 3 is 2.04 bits per heavy atom. The summed E-state index contributed by atoms with van der Waals surface area (Å²) in [6, 6.07) is -0.667. The van der Waals surface area contributed by atoms with Crippen molar-refractivity contribution in [2.45, 2.75) is 85.1 Å². The highest BCUT2D eigenvalue weighted by Crippen LogP contribution is 2.10. The van der Waals surface area contributed by atoms with E-state index in [9.17, 15) is 9.59 Å². The van der Waals surface area contributed by atoms with Gasteiger partial charge >= 0.3 is 12.1 Å². The fourth-order valence-electron chi connectivity index (χ4n) is 2.45. The lowest BCUT2D eigenvalue weighted by Crippen LogP contribution is -2.45. The molecule has 0 aliphatic carbocycles. The van der Waals surface area contributed by atoms with Gasteiger partial charge in [-0.05, 0) is 31.1 Å². The Morgan fingerprint density at radius 2 is 1.50 bits per heavy atom. The maximum Gasteiger partial charge on any atom is 0.407 e. The van der Waals surface area contributed by atoms with Crippen molar-refractivity contribution in [1.82, 2.24) is 5.32 Å². The molecule has 1 amide bonds. The van der Waals surface area contributed by atoms with E-state index in [2.05, 4.69) is 11.9 Å². The molecule has 0 aromatic rings. The van der Waals surface area contributed by atoms with E-state index in [4.69, 9.17) is 9.47 Å². The predicted octanol–water partition coefficient (Wildman–Crippen LogP) is 5.24. The molecule has 0 aromatic carbocycles. The Labute approximate surface area is 159 Å². The standard InChI is InChI=1S/C21H39NO4/c1-6-7-8-9-10-11-12-13-14-15-25-20(23)19(18(4)5)22-21(24)26-16-17(2)3/h6,17-19H,1,7-16H2,2-5H3,(H,22,24)/t19-/m0/s1. The van der Waals surface area contributed by atoms with Crippen LogP contribution < -0.4 is 5.32 Å². The van der Waals surface area contributed by atoms with Crippen molar-refractivity contribution in [3.8, 4) is 0 Å². The van der Waals surface area contributed by atoms with Crippen molar-refractivity contribution in [2.24, 2.45) is 11.8 Å². The van der Waals surface area contributed by atoms with E-state index < -0.39 is 12.1 Å². The maximum atomic E-state index is 12.2. The molecule has 0 aliphatic heterocycles. The van der Waals surface area contributed by atoms with E-state index in [0.29, 0.717) is 13.2 Å². The average Bonchev–Trinajstić information content (AvgIpc) is 2.59. The molecule has 0 radical (unpaired) electrons. The van der Waals surface area contributed by atoms with Crippen LogP contribution in [-0.4, -0.2) is 31.3 Å². The number of ether oxygens (including phenoxy) is 2. The molecule has 5 nitrogen and oxygen atoms in total. The highest BCUT2D eigenvalue weighted by atomic mass is 16.6. The lowest BCUT2D eigenvalue weighted by Gasteiger charge is -2.21. The van der Waals surface area contributed by atoms with Gasteiger partial charge in [0.15, 0.2) is 0 Å². The highest BCUT2D eigenvalue weighted by molar-refractivity contribution is 5.81. The molecule has 26 heavy (non-hydrogen) atoms. The SMILES string of the molecule is C=CCCCCCCCCCOC(=O)[C@@H](NC(=O)OCC(C)C)C(C)C. The Bertz CT molecular complexity index is 393. The summed E-state index contributed by atoms with van der Waals surface area (Å²) < 4.78 is 10.4. The van der Waals surface area contributed by atoms with Crippen LogP contribution in [0, 0.1) is 11.8 Å². The number of allylic oxidation sites excluding steroid dienone is 1. The molecule has 0 aromatic heterocycles. The van der Waals surface area contributed by atoms with E-state index in [1.165, 1.54) is 32.1 Å². The molecule has 0 aliphatic rings. The van der Waals surface area contributed by atoms with Gasteiger partial charge in [0.1, 0.15) is 6.04 Å². The molecular weight excluding hydrogens is 330 g/mol. The van der Waals surface area contributed by atoms with Gasteiger partial charge in [0.2, 0.25) is 0 Å². The topological polar surface area (TPSA) is 64.6 Å². The number of unbranched alkanes of at least 4 members (excludes halogenated alkanes) is 7. The van der Waals surface area contributed by atoms with Crippen LogP contribution in [0.3, 0.4) is 0 Å². The maximum absolute atomic E-state index is 12.2. The van der Waals surface area contributed by atoms with Crippen LogP contribution in [0.4, 0.5) is 4.79 Å². The largest absolute Gasteiger partial charge is 0.464 e. The number of amides is 1. The number of carbonyl (C=O) groups excluding carboxylic acids is 2. The Hall–Kier alpha value is -1.52. The first-order valence-electron chi connectivity index (χ1n) is 10.1. The smallest absolute Gasteiger partial charge is 0.407 e. The lowest BCUT2D eigenvalue weighted by atomic mass is 10.1. The van der Waals surface area contributed by atoms with Crippen LogP contribution in [0.5, 0.6) is 0 Å². The second-order valence-corrected chi connectivity index (χ2v) is 7.58. The van der Waals surface area contributed by atoms with Gasteiger partial charge in [-0.3, -0.25) is 0 Å². The third-order valence-corrected chi connectivity index (χ3v) is 4.04. The first kappa shape index (κ1) is 24.5. The average molecular weight is 370 g/mol. The van der Waals surface area contributed by atoms with Crippen molar-refractivity contribution >= 4 is 12.1 Å². The van der Waals surface area contributed by atoms with Gasteiger partial charge in [0.05, 0.1) is 13.2 Å². The number of hydrogen-bond donors (Lipinski definition) is 1. The first-order chi connectivity index (χ1) is 12.4. The molecule has 0 saturated heterocycles. The van der Waals surface area contributed by atoms with Crippen molar-refractivity contribution in [1.29, 1.82) is 0 Å². The molecular formula is C21H39NO4. The van der Waals surface area contributed by atoms with E-state index >= 15 is 0 Å². The molecule has 152 valence electrons. The Balaban J connectivity index is 3.88. The van der Waals surface area contributed by atoms with Crippen LogP contribution in [0.15, 0.2) is 12.7 Å². The summed E-state index contributed by atoms with van der Waals surface area (Å²) in [6.45, 7) is 12.1. The fraction of sp³-hybridized carbons (Fsp3) is 0.810. The van der Waals surface area contributed by atoms with Crippen molar-refractivity contribution in [3.05, 3.63) is 12.7 Å². The molecule has 1 atom stereocenters. The summed E-state index contributed by atoms with van der Waals surface area (Å²) in [6.07, 6.45) is 10.6. The number of carbonyl (C=O) groups is 2. The summed E-state index contributed by atoms with van der Waals surface area (Å²) in [5.74, 6) is -0.178.